The number of hydrogen-bond donors (Lipinski definition) is 1. The molecule has 4 nitrogen and oxygen atoms in total. The maximum Gasteiger partial charge on any atom is 0.271 e. The van der Waals surface area contributed by atoms with Gasteiger partial charge in [-0.2, -0.15) is 0 Å². The zero-order chi connectivity index (χ0) is 17.9. The van der Waals surface area contributed by atoms with Crippen molar-refractivity contribution in [2.24, 2.45) is 0 Å². The Balaban J connectivity index is 1.46. The van der Waals surface area contributed by atoms with Crippen molar-refractivity contribution in [3.8, 4) is 0 Å². The molecule has 26 heavy (non-hydrogen) atoms. The maximum atomic E-state index is 12.5. The second kappa shape index (κ2) is 7.16. The summed E-state index contributed by atoms with van der Waals surface area (Å²) in [4.78, 5) is 17.0. The minimum absolute atomic E-state index is 0.108. The number of hydrogen-bond acceptors (Lipinski definition) is 2. The van der Waals surface area contributed by atoms with Crippen LogP contribution in [0.2, 0.25) is 0 Å². The second-order valence-electron chi connectivity index (χ2n) is 6.96. The van der Waals surface area contributed by atoms with E-state index in [1.165, 1.54) is 11.1 Å². The van der Waals surface area contributed by atoms with Crippen molar-refractivity contribution >= 4 is 5.91 Å². The molecule has 1 atom stereocenters. The average molecular weight is 345 g/mol. The van der Waals surface area contributed by atoms with Crippen molar-refractivity contribution in [2.75, 3.05) is 0 Å². The third kappa shape index (κ3) is 3.40. The molecule has 0 spiro atoms. The fourth-order valence-electron chi connectivity index (χ4n) is 3.72. The van der Waals surface area contributed by atoms with Crippen LogP contribution in [0.4, 0.5) is 0 Å². The molecular formula is C22H23N3O. The van der Waals surface area contributed by atoms with E-state index in [0.717, 1.165) is 30.8 Å². The highest BCUT2D eigenvalue weighted by atomic mass is 16.1. The fourth-order valence-corrected chi connectivity index (χ4v) is 3.72. The van der Waals surface area contributed by atoms with Crippen molar-refractivity contribution in [1.29, 1.82) is 0 Å². The minimum Gasteiger partial charge on any atom is -0.347 e. The van der Waals surface area contributed by atoms with Crippen LogP contribution in [0.3, 0.4) is 0 Å². The first-order valence-corrected chi connectivity index (χ1v) is 9.14. The van der Waals surface area contributed by atoms with Crippen molar-refractivity contribution in [3.05, 3.63) is 89.0 Å². The van der Waals surface area contributed by atoms with E-state index in [2.05, 4.69) is 46.1 Å². The predicted molar refractivity (Wildman–Crippen MR) is 102 cm³/mol. The van der Waals surface area contributed by atoms with Crippen molar-refractivity contribution in [2.45, 2.75) is 38.8 Å². The Kier molecular flexibility index (Phi) is 4.57. The van der Waals surface area contributed by atoms with Gasteiger partial charge in [0.1, 0.15) is 11.5 Å². The van der Waals surface area contributed by atoms with Gasteiger partial charge < -0.3 is 9.88 Å². The van der Waals surface area contributed by atoms with Gasteiger partial charge in [-0.15, -0.1) is 0 Å². The van der Waals surface area contributed by atoms with Crippen LogP contribution in [0.25, 0.3) is 0 Å². The van der Waals surface area contributed by atoms with Gasteiger partial charge >= 0.3 is 0 Å². The number of nitrogens with zero attached hydrogens (tertiary/aromatic N) is 2. The van der Waals surface area contributed by atoms with E-state index in [0.29, 0.717) is 18.2 Å². The van der Waals surface area contributed by atoms with Crippen LogP contribution in [-0.4, -0.2) is 15.5 Å². The number of nitrogens with one attached hydrogen (secondary N) is 1. The van der Waals surface area contributed by atoms with Crippen molar-refractivity contribution in [3.63, 3.8) is 0 Å². The van der Waals surface area contributed by atoms with Crippen LogP contribution in [0, 0.1) is 6.92 Å². The number of imidazole rings is 1. The summed E-state index contributed by atoms with van der Waals surface area (Å²) in [6.07, 6.45) is 3.89. The second-order valence-corrected chi connectivity index (χ2v) is 6.96. The van der Waals surface area contributed by atoms with Gasteiger partial charge in [-0.3, -0.25) is 4.79 Å². The molecule has 0 unspecified atom stereocenters. The Labute approximate surface area is 153 Å². The molecule has 0 bridgehead atoms. The lowest BCUT2D eigenvalue weighted by Gasteiger charge is -2.25. The normalized spacial score (nSPS) is 16.1. The van der Waals surface area contributed by atoms with Gasteiger partial charge in [-0.25, -0.2) is 4.98 Å². The number of aromatic nitrogens is 2. The van der Waals surface area contributed by atoms with E-state index in [4.69, 9.17) is 0 Å². The minimum atomic E-state index is -0.108. The lowest BCUT2D eigenvalue weighted by Crippen LogP contribution is -2.23. The number of carbonyl (C=O) groups excluding carboxylic acids is 1. The van der Waals surface area contributed by atoms with E-state index >= 15 is 0 Å². The van der Waals surface area contributed by atoms with E-state index in [-0.39, 0.29) is 5.91 Å². The molecule has 0 saturated carbocycles. The highest BCUT2D eigenvalue weighted by Crippen LogP contribution is 2.30. The largest absolute Gasteiger partial charge is 0.347 e. The van der Waals surface area contributed by atoms with Gasteiger partial charge in [0.2, 0.25) is 0 Å². The summed E-state index contributed by atoms with van der Waals surface area (Å²) in [6, 6.07) is 18.5. The maximum absolute atomic E-state index is 12.5. The Hall–Kier alpha value is -2.88. The first-order chi connectivity index (χ1) is 12.7. The van der Waals surface area contributed by atoms with Crippen LogP contribution in [0.1, 0.15) is 45.3 Å². The quantitative estimate of drug-likeness (QED) is 0.781. The molecule has 4 rings (SSSR count). The standard InChI is InChI=1S/C22H23N3O/c1-16-7-5-6-10-19(16)18-11-12-21-24-20(15-25(21)14-18)22(26)23-13-17-8-3-2-4-9-17/h2-10,15,18H,11-14H2,1H3,(H,23,26)/t18-/m1/s1. The number of benzene rings is 2. The molecule has 1 N–H and O–H groups in total. The summed E-state index contributed by atoms with van der Waals surface area (Å²) >= 11 is 0. The Morgan fingerprint density at radius 2 is 1.92 bits per heavy atom. The van der Waals surface area contributed by atoms with Gasteiger partial charge in [-0.1, -0.05) is 54.6 Å². The van der Waals surface area contributed by atoms with Gasteiger partial charge in [0.25, 0.3) is 5.91 Å². The molecule has 3 aromatic rings. The van der Waals surface area contributed by atoms with Crippen LogP contribution < -0.4 is 5.32 Å². The van der Waals surface area contributed by atoms with Crippen LogP contribution >= 0.6 is 0 Å². The summed E-state index contributed by atoms with van der Waals surface area (Å²) in [5.74, 6) is 1.39. The Bertz CT molecular complexity index is 914. The topological polar surface area (TPSA) is 46.9 Å². The lowest BCUT2D eigenvalue weighted by molar-refractivity contribution is 0.0946. The SMILES string of the molecule is Cc1ccccc1[C@@H]1CCc2nc(C(=O)NCc3ccccc3)cn2C1. The van der Waals surface area contributed by atoms with Crippen molar-refractivity contribution < 1.29 is 4.79 Å². The molecule has 132 valence electrons. The Morgan fingerprint density at radius 1 is 1.15 bits per heavy atom. The summed E-state index contributed by atoms with van der Waals surface area (Å²) in [7, 11) is 0. The molecule has 0 saturated heterocycles. The van der Waals surface area contributed by atoms with Crippen LogP contribution in [0.5, 0.6) is 0 Å². The molecule has 2 aromatic carbocycles. The van der Waals surface area contributed by atoms with Gasteiger partial charge in [-0.05, 0) is 30.0 Å². The highest BCUT2D eigenvalue weighted by molar-refractivity contribution is 5.92. The summed E-state index contributed by atoms with van der Waals surface area (Å²) in [6.45, 7) is 3.58. The number of carbonyl (C=O) groups is 1. The molecule has 1 aliphatic rings. The monoisotopic (exact) mass is 345 g/mol. The number of aryl methyl sites for hydroxylation is 2. The molecule has 1 amide bonds. The molecule has 2 heterocycles. The first-order valence-electron chi connectivity index (χ1n) is 9.14. The zero-order valence-corrected chi connectivity index (χ0v) is 15.0. The third-order valence-corrected chi connectivity index (χ3v) is 5.15. The smallest absolute Gasteiger partial charge is 0.271 e. The number of rotatable bonds is 4. The highest BCUT2D eigenvalue weighted by Gasteiger charge is 2.24. The molecule has 0 fully saturated rings. The molecule has 0 radical (unpaired) electrons. The van der Waals surface area contributed by atoms with E-state index in [1.807, 2.05) is 36.5 Å². The summed E-state index contributed by atoms with van der Waals surface area (Å²) in [5, 5.41) is 2.96. The van der Waals surface area contributed by atoms with Crippen LogP contribution in [-0.2, 0) is 19.5 Å². The number of fused-ring (bicyclic) bond motifs is 1. The van der Waals surface area contributed by atoms with Crippen LogP contribution in [0.15, 0.2) is 60.8 Å². The molecular weight excluding hydrogens is 322 g/mol. The molecule has 1 aliphatic heterocycles. The zero-order valence-electron chi connectivity index (χ0n) is 15.0. The van der Waals surface area contributed by atoms with Crippen molar-refractivity contribution in [1.82, 2.24) is 14.9 Å². The molecule has 4 heteroatoms. The van der Waals surface area contributed by atoms with E-state index in [9.17, 15) is 4.79 Å². The van der Waals surface area contributed by atoms with Gasteiger partial charge in [0.05, 0.1) is 0 Å². The first kappa shape index (κ1) is 16.6. The average Bonchev–Trinajstić information content (AvgIpc) is 3.11. The van der Waals surface area contributed by atoms with E-state index in [1.54, 1.807) is 0 Å². The molecule has 0 aliphatic carbocycles. The lowest BCUT2D eigenvalue weighted by atomic mass is 9.89. The summed E-state index contributed by atoms with van der Waals surface area (Å²) < 4.78 is 2.15. The van der Waals surface area contributed by atoms with Gasteiger partial charge in [0.15, 0.2) is 0 Å². The number of amides is 1. The van der Waals surface area contributed by atoms with E-state index < -0.39 is 0 Å². The predicted octanol–water partition coefficient (Wildman–Crippen LogP) is 3.85. The fraction of sp³-hybridized carbons (Fsp3) is 0.273. The third-order valence-electron chi connectivity index (χ3n) is 5.15. The summed E-state index contributed by atoms with van der Waals surface area (Å²) in [5.41, 5.74) is 4.34. The molecule has 1 aromatic heterocycles. The Morgan fingerprint density at radius 3 is 2.73 bits per heavy atom. The van der Waals surface area contributed by atoms with Gasteiger partial charge in [0, 0.05) is 31.6 Å².